The number of benzene rings is 2. The van der Waals surface area contributed by atoms with Crippen LogP contribution in [0.3, 0.4) is 0 Å². The fourth-order valence-corrected chi connectivity index (χ4v) is 3.96. The van der Waals surface area contributed by atoms with Gasteiger partial charge in [-0.2, -0.15) is 0 Å². The molecule has 1 atom stereocenters. The van der Waals surface area contributed by atoms with Crippen LogP contribution < -0.4 is 15.1 Å². The Kier molecular flexibility index (Phi) is 4.57. The van der Waals surface area contributed by atoms with E-state index in [1.807, 2.05) is 12.1 Å². The van der Waals surface area contributed by atoms with Gasteiger partial charge in [0.15, 0.2) is 0 Å². The van der Waals surface area contributed by atoms with E-state index in [9.17, 15) is 8.78 Å². The quantitative estimate of drug-likeness (QED) is 0.921. The van der Waals surface area contributed by atoms with E-state index in [4.69, 9.17) is 0 Å². The van der Waals surface area contributed by atoms with Gasteiger partial charge >= 0.3 is 0 Å². The van der Waals surface area contributed by atoms with E-state index in [0.717, 1.165) is 56.9 Å². The summed E-state index contributed by atoms with van der Waals surface area (Å²) in [5.41, 5.74) is 2.67. The second-order valence-electron chi connectivity index (χ2n) is 6.67. The Morgan fingerprint density at radius 1 is 1.04 bits per heavy atom. The molecule has 1 unspecified atom stereocenters. The highest BCUT2D eigenvalue weighted by Crippen LogP contribution is 2.41. The van der Waals surface area contributed by atoms with Gasteiger partial charge in [0.05, 0.1) is 17.4 Å². The first kappa shape index (κ1) is 16.3. The van der Waals surface area contributed by atoms with Crippen LogP contribution in [0.4, 0.5) is 20.2 Å². The number of rotatable bonds is 3. The average molecular weight is 342 g/mol. The van der Waals surface area contributed by atoms with E-state index >= 15 is 0 Å². The molecule has 0 saturated carbocycles. The number of piperazine rings is 1. The van der Waals surface area contributed by atoms with Crippen molar-refractivity contribution in [2.24, 2.45) is 0 Å². The van der Waals surface area contributed by atoms with Gasteiger partial charge in [0.2, 0.25) is 0 Å². The first-order valence-corrected chi connectivity index (χ1v) is 8.91. The Balaban J connectivity index is 1.70. The summed E-state index contributed by atoms with van der Waals surface area (Å²) in [7, 11) is 0. The number of anilines is 2. The van der Waals surface area contributed by atoms with Crippen molar-refractivity contribution in [3.63, 3.8) is 0 Å². The second kappa shape index (κ2) is 7.00. The molecule has 2 saturated heterocycles. The molecule has 0 amide bonds. The lowest BCUT2D eigenvalue weighted by Crippen LogP contribution is -2.44. The molecule has 3 nitrogen and oxygen atoms in total. The zero-order valence-corrected chi connectivity index (χ0v) is 14.1. The van der Waals surface area contributed by atoms with E-state index < -0.39 is 0 Å². The predicted octanol–water partition coefficient (Wildman–Crippen LogP) is 3.52. The van der Waals surface area contributed by atoms with Gasteiger partial charge in [0.1, 0.15) is 11.6 Å². The van der Waals surface area contributed by atoms with Gasteiger partial charge in [0, 0.05) is 38.3 Å². The lowest BCUT2D eigenvalue weighted by molar-refractivity contribution is 0.560. The molecule has 131 valence electrons. The molecule has 0 spiro atoms. The Hall–Kier alpha value is -2.14. The van der Waals surface area contributed by atoms with Crippen LogP contribution >= 0.6 is 0 Å². The van der Waals surface area contributed by atoms with Crippen LogP contribution in [-0.2, 0) is 0 Å². The number of nitrogens with one attached hydrogen (secondary N) is 1. The van der Waals surface area contributed by atoms with Crippen LogP contribution in [0, 0.1) is 17.7 Å². The van der Waals surface area contributed by atoms with Gasteiger partial charge in [-0.25, -0.2) is 8.78 Å². The largest absolute Gasteiger partial charge is 0.367 e. The smallest absolute Gasteiger partial charge is 0.128 e. The van der Waals surface area contributed by atoms with E-state index in [2.05, 4.69) is 27.2 Å². The molecule has 2 aliphatic rings. The van der Waals surface area contributed by atoms with E-state index in [1.54, 1.807) is 0 Å². The highest BCUT2D eigenvalue weighted by Gasteiger charge is 2.31. The van der Waals surface area contributed by atoms with Gasteiger partial charge in [-0.05, 0) is 49.2 Å². The summed E-state index contributed by atoms with van der Waals surface area (Å²) in [6.07, 6.45) is 1.80. The van der Waals surface area contributed by atoms with Crippen molar-refractivity contribution >= 4 is 11.4 Å². The maximum Gasteiger partial charge on any atom is 0.128 e. The maximum absolute atomic E-state index is 14.3. The molecule has 5 heteroatoms. The molecular formula is C20H22F2N3. The van der Waals surface area contributed by atoms with Crippen molar-refractivity contribution in [3.05, 3.63) is 59.7 Å². The van der Waals surface area contributed by atoms with Crippen molar-refractivity contribution in [3.8, 4) is 0 Å². The van der Waals surface area contributed by atoms with Gasteiger partial charge in [-0.3, -0.25) is 0 Å². The zero-order chi connectivity index (χ0) is 17.2. The van der Waals surface area contributed by atoms with Crippen molar-refractivity contribution in [1.29, 1.82) is 0 Å². The maximum atomic E-state index is 14.3. The van der Waals surface area contributed by atoms with Crippen molar-refractivity contribution < 1.29 is 8.78 Å². The summed E-state index contributed by atoms with van der Waals surface area (Å²) in [6.45, 7) is 4.66. The van der Waals surface area contributed by atoms with Gasteiger partial charge in [-0.1, -0.05) is 6.07 Å². The Morgan fingerprint density at radius 2 is 1.88 bits per heavy atom. The summed E-state index contributed by atoms with van der Waals surface area (Å²) in [6, 6.07) is 12.8. The molecule has 0 bridgehead atoms. The molecule has 2 aliphatic heterocycles. The Morgan fingerprint density at radius 3 is 2.72 bits per heavy atom. The lowest BCUT2D eigenvalue weighted by atomic mass is 10.0. The molecule has 2 heterocycles. The third-order valence-electron chi connectivity index (χ3n) is 5.16. The molecule has 0 aromatic heterocycles. The average Bonchev–Trinajstić information content (AvgIpc) is 3.14. The molecule has 4 rings (SSSR count). The first-order chi connectivity index (χ1) is 12.2. The van der Waals surface area contributed by atoms with Crippen molar-refractivity contribution in [2.75, 3.05) is 42.5 Å². The van der Waals surface area contributed by atoms with Gasteiger partial charge in [-0.15, -0.1) is 0 Å². The lowest BCUT2D eigenvalue weighted by Gasteiger charge is -2.35. The highest BCUT2D eigenvalue weighted by atomic mass is 19.1. The monoisotopic (exact) mass is 342 g/mol. The van der Waals surface area contributed by atoms with Crippen molar-refractivity contribution in [1.82, 2.24) is 5.32 Å². The minimum Gasteiger partial charge on any atom is -0.367 e. The van der Waals surface area contributed by atoms with Gasteiger partial charge in [0.25, 0.3) is 0 Å². The van der Waals surface area contributed by atoms with Crippen LogP contribution in [-0.4, -0.2) is 32.7 Å². The molecule has 25 heavy (non-hydrogen) atoms. The summed E-state index contributed by atoms with van der Waals surface area (Å²) < 4.78 is 28.0. The first-order valence-electron chi connectivity index (χ1n) is 8.91. The van der Waals surface area contributed by atoms with Crippen molar-refractivity contribution in [2.45, 2.75) is 18.9 Å². The topological polar surface area (TPSA) is 18.5 Å². The molecule has 1 N–H and O–H groups in total. The van der Waals surface area contributed by atoms with Crippen LogP contribution in [0.25, 0.3) is 0 Å². The SMILES string of the molecule is Fc1ccc(F)c(C2CCCN2c2c[c]ccc2N2CCNCC2)c1. The normalized spacial score (nSPS) is 21.0. The second-order valence-corrected chi connectivity index (χ2v) is 6.67. The van der Waals surface area contributed by atoms with Crippen LogP contribution in [0.5, 0.6) is 0 Å². The minimum absolute atomic E-state index is 0.131. The molecule has 2 fully saturated rings. The molecule has 1 radical (unpaired) electrons. The highest BCUT2D eigenvalue weighted by molar-refractivity contribution is 5.72. The third-order valence-corrected chi connectivity index (χ3v) is 5.16. The third kappa shape index (κ3) is 3.21. The molecule has 2 aromatic rings. The fourth-order valence-electron chi connectivity index (χ4n) is 3.96. The fraction of sp³-hybridized carbons (Fsp3) is 0.400. The summed E-state index contributed by atoms with van der Waals surface area (Å²) in [5, 5.41) is 3.37. The van der Waals surface area contributed by atoms with Crippen LogP contribution in [0.15, 0.2) is 36.4 Å². The number of hydrogen-bond acceptors (Lipinski definition) is 3. The number of nitrogens with zero attached hydrogens (tertiary/aromatic N) is 2. The van der Waals surface area contributed by atoms with E-state index in [1.165, 1.54) is 18.2 Å². The summed E-state index contributed by atoms with van der Waals surface area (Å²) in [5.74, 6) is -0.716. The van der Waals surface area contributed by atoms with Crippen LogP contribution in [0.2, 0.25) is 0 Å². The molecular weight excluding hydrogens is 320 g/mol. The minimum atomic E-state index is -0.384. The van der Waals surface area contributed by atoms with E-state index in [-0.39, 0.29) is 17.7 Å². The molecule has 2 aromatic carbocycles. The molecule has 0 aliphatic carbocycles. The standard InChI is InChI=1S/C20H22F2N3/c21-15-7-8-17(22)16(14-15)18-6-3-11-25(18)20-5-2-1-4-19(20)24-12-9-23-10-13-24/h1,4-5,7-8,14,18,23H,3,6,9-13H2. The van der Waals surface area contributed by atoms with Crippen LogP contribution in [0.1, 0.15) is 24.4 Å². The number of hydrogen-bond donors (Lipinski definition) is 1. The Labute approximate surface area is 147 Å². The zero-order valence-electron chi connectivity index (χ0n) is 14.1. The van der Waals surface area contributed by atoms with E-state index in [0.29, 0.717) is 5.56 Å². The Bertz CT molecular complexity index is 743. The van der Waals surface area contributed by atoms with Gasteiger partial charge < -0.3 is 15.1 Å². The summed E-state index contributed by atoms with van der Waals surface area (Å²) in [4.78, 5) is 4.57. The predicted molar refractivity (Wildman–Crippen MR) is 96.0 cm³/mol. The number of halogens is 2. The summed E-state index contributed by atoms with van der Waals surface area (Å²) >= 11 is 0.